The molecule has 0 bridgehead atoms. The second-order valence-electron chi connectivity index (χ2n) is 16.0. The number of aliphatic imine (C=N–C) groups is 2. The molecule has 10 unspecified atom stereocenters. The number of nitrogens with zero attached hydrogens (tertiary/aromatic N) is 3. The maximum atomic E-state index is 7.65. The standard InChI is InChI=1S/C36H68N10/c37-34(38)43-16-3-8-24-6-1-10-26(20-24)28-12-14-30-31-15-13-29(27-11-2-7-25(21-27)9-4-17-44-35(39)40)23-33(31)46(32(30)22-28)19-5-18-45-36(41)42/h24-33H,1-23H2,(H4,37,38,43)(H4,39,40,44)(H4,41,42,45). The van der Waals surface area contributed by atoms with Gasteiger partial charge in [0.05, 0.1) is 0 Å². The van der Waals surface area contributed by atoms with Crippen LogP contribution in [0.1, 0.15) is 122 Å². The van der Waals surface area contributed by atoms with Gasteiger partial charge in [-0.15, -0.1) is 0 Å². The summed E-state index contributed by atoms with van der Waals surface area (Å²) in [6, 6.07) is 1.50. The van der Waals surface area contributed by atoms with Gasteiger partial charge in [0.25, 0.3) is 0 Å². The number of guanidine groups is 3. The van der Waals surface area contributed by atoms with Crippen LogP contribution in [-0.4, -0.2) is 61.0 Å². The van der Waals surface area contributed by atoms with Crippen molar-refractivity contribution in [2.75, 3.05) is 26.2 Å². The number of nitrogens with two attached hydrogens (primary N) is 5. The number of hydrogen-bond acceptors (Lipinski definition) is 4. The van der Waals surface area contributed by atoms with Gasteiger partial charge in [-0.3, -0.25) is 20.3 Å². The lowest BCUT2D eigenvalue weighted by Crippen LogP contribution is -2.45. The normalized spacial score (nSPS) is 36.3. The summed E-state index contributed by atoms with van der Waals surface area (Å²) < 4.78 is 0. The summed E-state index contributed by atoms with van der Waals surface area (Å²) in [7, 11) is 0. The molecular formula is C36H68N10. The predicted octanol–water partition coefficient (Wildman–Crippen LogP) is 4.46. The number of rotatable bonds is 14. The van der Waals surface area contributed by atoms with E-state index in [2.05, 4.69) is 20.2 Å². The van der Waals surface area contributed by atoms with Gasteiger partial charge < -0.3 is 34.0 Å². The number of fused-ring (bicyclic) bond motifs is 3. The highest BCUT2D eigenvalue weighted by atomic mass is 15.2. The van der Waals surface area contributed by atoms with Crippen LogP contribution < -0.4 is 34.0 Å². The zero-order chi connectivity index (χ0) is 32.5. The molecule has 5 fully saturated rings. The zero-order valence-electron chi connectivity index (χ0n) is 28.8. The van der Waals surface area contributed by atoms with E-state index in [0.717, 1.165) is 105 Å². The Morgan fingerprint density at radius 2 is 1.09 bits per heavy atom. The van der Waals surface area contributed by atoms with Crippen molar-refractivity contribution in [2.24, 2.45) is 86.0 Å². The highest BCUT2D eigenvalue weighted by molar-refractivity contribution is 5.76. The lowest BCUT2D eigenvalue weighted by Gasteiger charge is -2.43. The molecule has 10 nitrogen and oxygen atoms in total. The smallest absolute Gasteiger partial charge is 0.185 e. The van der Waals surface area contributed by atoms with Crippen LogP contribution in [0.4, 0.5) is 0 Å². The molecule has 262 valence electrons. The van der Waals surface area contributed by atoms with Gasteiger partial charge in [0, 0.05) is 38.3 Å². The van der Waals surface area contributed by atoms with Gasteiger partial charge in [0.15, 0.2) is 17.9 Å². The van der Waals surface area contributed by atoms with E-state index in [0.29, 0.717) is 0 Å². The highest BCUT2D eigenvalue weighted by Crippen LogP contribution is 2.55. The lowest BCUT2D eigenvalue weighted by molar-refractivity contribution is 0.0653. The van der Waals surface area contributed by atoms with Crippen molar-refractivity contribution in [3.05, 3.63) is 0 Å². The number of nitrogens with one attached hydrogen (secondary N) is 2. The first-order valence-corrected chi connectivity index (χ1v) is 19.2. The van der Waals surface area contributed by atoms with Gasteiger partial charge in [-0.2, -0.15) is 0 Å². The third-order valence-corrected chi connectivity index (χ3v) is 13.2. The first kappa shape index (κ1) is 35.1. The predicted molar refractivity (Wildman–Crippen MR) is 191 cm³/mol. The Hall–Kier alpha value is -2.23. The molecule has 4 saturated carbocycles. The van der Waals surface area contributed by atoms with Crippen LogP contribution in [0.2, 0.25) is 0 Å². The molecule has 46 heavy (non-hydrogen) atoms. The minimum Gasteiger partial charge on any atom is -0.370 e. The average molecular weight is 641 g/mol. The molecule has 0 amide bonds. The number of hydrogen-bond donors (Lipinski definition) is 7. The SMILES string of the molecule is N=C(N)NCCCN1C2CC(C3CCCC(CCCN=C(N)N)C3)CCC2C2CCC(C3CCCC(CCCN=C(N)N)C3)CC21. The van der Waals surface area contributed by atoms with Crippen LogP contribution in [0.15, 0.2) is 9.98 Å². The molecule has 1 aliphatic heterocycles. The van der Waals surface area contributed by atoms with Crippen molar-refractivity contribution in [3.8, 4) is 0 Å². The van der Waals surface area contributed by atoms with E-state index in [9.17, 15) is 0 Å². The molecule has 0 radical (unpaired) electrons. The fourth-order valence-electron chi connectivity index (χ4n) is 11.3. The monoisotopic (exact) mass is 641 g/mol. The van der Waals surface area contributed by atoms with Crippen molar-refractivity contribution in [2.45, 2.75) is 134 Å². The van der Waals surface area contributed by atoms with E-state index in [1.165, 1.54) is 103 Å². The van der Waals surface area contributed by atoms with Crippen LogP contribution in [0.3, 0.4) is 0 Å². The van der Waals surface area contributed by atoms with Crippen LogP contribution in [0, 0.1) is 52.8 Å². The fourth-order valence-corrected chi connectivity index (χ4v) is 11.3. The van der Waals surface area contributed by atoms with E-state index >= 15 is 0 Å². The third kappa shape index (κ3) is 9.66. The molecule has 12 N–H and O–H groups in total. The average Bonchev–Trinajstić information content (AvgIpc) is 3.35. The summed E-state index contributed by atoms with van der Waals surface area (Å²) in [5, 5.41) is 10.7. The summed E-state index contributed by atoms with van der Waals surface area (Å²) in [4.78, 5) is 11.5. The van der Waals surface area contributed by atoms with Gasteiger partial charge in [0.2, 0.25) is 0 Å². The lowest BCUT2D eigenvalue weighted by atomic mass is 9.62. The maximum Gasteiger partial charge on any atom is 0.185 e. The van der Waals surface area contributed by atoms with E-state index in [-0.39, 0.29) is 17.9 Å². The Kier molecular flexibility index (Phi) is 13.2. The molecule has 5 aliphatic rings. The molecule has 0 aromatic heterocycles. The molecule has 1 saturated heterocycles. The van der Waals surface area contributed by atoms with Gasteiger partial charge in [-0.25, -0.2) is 0 Å². The Labute approximate surface area is 279 Å². The minimum atomic E-state index is 0.0999. The van der Waals surface area contributed by atoms with Crippen molar-refractivity contribution < 1.29 is 0 Å². The van der Waals surface area contributed by atoms with Crippen molar-refractivity contribution in [1.29, 1.82) is 5.41 Å². The van der Waals surface area contributed by atoms with Crippen molar-refractivity contribution in [3.63, 3.8) is 0 Å². The quantitative estimate of drug-likeness (QED) is 0.0827. The Balaban J connectivity index is 1.19. The van der Waals surface area contributed by atoms with Gasteiger partial charge in [0.1, 0.15) is 0 Å². The van der Waals surface area contributed by atoms with E-state index in [1.807, 2.05) is 0 Å². The Bertz CT molecular complexity index is 939. The summed E-state index contributed by atoms with van der Waals surface area (Å²) in [6.45, 7) is 3.50. The van der Waals surface area contributed by atoms with Crippen LogP contribution in [0.25, 0.3) is 0 Å². The summed E-state index contributed by atoms with van der Waals surface area (Å²) >= 11 is 0. The van der Waals surface area contributed by atoms with E-state index < -0.39 is 0 Å². The second-order valence-corrected chi connectivity index (χ2v) is 16.0. The Morgan fingerprint density at radius 3 is 1.54 bits per heavy atom. The second kappa shape index (κ2) is 17.3. The molecule has 10 atom stereocenters. The van der Waals surface area contributed by atoms with E-state index in [1.54, 1.807) is 0 Å². The zero-order valence-corrected chi connectivity index (χ0v) is 28.8. The molecule has 0 spiro atoms. The summed E-state index contributed by atoms with van der Waals surface area (Å²) in [6.07, 6.45) is 25.7. The minimum absolute atomic E-state index is 0.0999. The molecule has 5 rings (SSSR count). The molecular weight excluding hydrogens is 572 g/mol. The first-order valence-electron chi connectivity index (χ1n) is 19.2. The molecule has 10 heteroatoms. The molecule has 0 aromatic carbocycles. The third-order valence-electron chi connectivity index (χ3n) is 13.2. The molecule has 4 aliphatic carbocycles. The largest absolute Gasteiger partial charge is 0.370 e. The van der Waals surface area contributed by atoms with E-state index in [4.69, 9.17) is 34.1 Å². The maximum absolute atomic E-state index is 7.65. The van der Waals surface area contributed by atoms with Crippen molar-refractivity contribution >= 4 is 17.9 Å². The van der Waals surface area contributed by atoms with Gasteiger partial charge >= 0.3 is 0 Å². The molecule has 0 aromatic rings. The number of likely N-dealkylation sites (tertiary alicyclic amines) is 1. The topological polar surface area (TPSA) is 194 Å². The van der Waals surface area contributed by atoms with Crippen LogP contribution >= 0.6 is 0 Å². The fraction of sp³-hybridized carbons (Fsp3) is 0.917. The van der Waals surface area contributed by atoms with Crippen molar-refractivity contribution in [1.82, 2.24) is 10.2 Å². The van der Waals surface area contributed by atoms with Crippen LogP contribution in [-0.2, 0) is 0 Å². The summed E-state index contributed by atoms with van der Waals surface area (Å²) in [5.74, 6) is 7.56. The van der Waals surface area contributed by atoms with Crippen LogP contribution in [0.5, 0.6) is 0 Å². The Morgan fingerprint density at radius 1 is 0.609 bits per heavy atom. The van der Waals surface area contributed by atoms with Gasteiger partial charge in [-0.1, -0.05) is 38.5 Å². The van der Waals surface area contributed by atoms with Gasteiger partial charge in [-0.05, 0) is 131 Å². The first-order chi connectivity index (χ1) is 22.3. The summed E-state index contributed by atoms with van der Waals surface area (Å²) in [5.41, 5.74) is 27.9. The molecule has 1 heterocycles. The highest BCUT2D eigenvalue weighted by Gasteiger charge is 2.53.